The van der Waals surface area contributed by atoms with Crippen molar-refractivity contribution in [2.75, 3.05) is 27.2 Å². The normalized spacial score (nSPS) is 17.5. The molecule has 9 heteroatoms. The third-order valence-corrected chi connectivity index (χ3v) is 8.55. The standard InChI is InChI=1S/C21H26N2O5S2/c1-15-6-11-19(29-15)30(26,27)23-12-4-5-18(14-23)20(24)22(2)13-16-7-9-17(10-8-16)21(25)28-3/h6-11,18H,4-5,12-14H2,1-3H3. The van der Waals surface area contributed by atoms with Crippen LogP contribution in [0.5, 0.6) is 0 Å². The Hall–Kier alpha value is -2.23. The van der Waals surface area contributed by atoms with Gasteiger partial charge in [-0.05, 0) is 49.6 Å². The number of sulfonamides is 1. The van der Waals surface area contributed by atoms with Gasteiger partial charge in [0.05, 0.1) is 18.6 Å². The largest absolute Gasteiger partial charge is 0.465 e. The maximum atomic E-state index is 13.0. The number of ether oxygens (including phenoxy) is 1. The Morgan fingerprint density at radius 2 is 1.90 bits per heavy atom. The van der Waals surface area contributed by atoms with Gasteiger partial charge >= 0.3 is 5.97 Å². The van der Waals surface area contributed by atoms with Crippen molar-refractivity contribution in [1.29, 1.82) is 0 Å². The number of carbonyl (C=O) groups is 2. The van der Waals surface area contributed by atoms with Gasteiger partial charge in [0, 0.05) is 31.6 Å². The minimum Gasteiger partial charge on any atom is -0.465 e. The molecule has 1 unspecified atom stereocenters. The number of aryl methyl sites for hydroxylation is 1. The van der Waals surface area contributed by atoms with Gasteiger partial charge in [0.15, 0.2) is 0 Å². The van der Waals surface area contributed by atoms with Crippen molar-refractivity contribution < 1.29 is 22.7 Å². The summed E-state index contributed by atoms with van der Waals surface area (Å²) >= 11 is 1.25. The lowest BCUT2D eigenvalue weighted by molar-refractivity contribution is -0.135. The first kappa shape index (κ1) is 22.5. The molecule has 1 fully saturated rings. The molecule has 0 saturated carbocycles. The smallest absolute Gasteiger partial charge is 0.337 e. The van der Waals surface area contributed by atoms with Gasteiger partial charge in [-0.3, -0.25) is 4.79 Å². The molecule has 2 aromatic rings. The molecule has 3 rings (SSSR count). The van der Waals surface area contributed by atoms with E-state index in [0.717, 1.165) is 10.4 Å². The quantitative estimate of drug-likeness (QED) is 0.632. The summed E-state index contributed by atoms with van der Waals surface area (Å²) in [6.45, 7) is 2.89. The van der Waals surface area contributed by atoms with Gasteiger partial charge in [0.1, 0.15) is 4.21 Å². The first-order valence-corrected chi connectivity index (χ1v) is 12.0. The molecule has 0 aliphatic carbocycles. The highest BCUT2D eigenvalue weighted by Gasteiger charge is 2.35. The zero-order valence-corrected chi connectivity index (χ0v) is 19.0. The second-order valence-electron chi connectivity index (χ2n) is 7.45. The van der Waals surface area contributed by atoms with Crippen LogP contribution in [-0.2, 0) is 26.1 Å². The molecule has 7 nitrogen and oxygen atoms in total. The predicted octanol–water partition coefficient (Wildman–Crippen LogP) is 2.90. The number of thiophene rings is 1. The summed E-state index contributed by atoms with van der Waals surface area (Å²) in [7, 11) is -0.526. The van der Waals surface area contributed by atoms with Crippen molar-refractivity contribution in [3.05, 3.63) is 52.4 Å². The fourth-order valence-corrected chi connectivity index (χ4v) is 6.53. The monoisotopic (exact) mass is 450 g/mol. The Labute approximate surface area is 181 Å². The van der Waals surface area contributed by atoms with Gasteiger partial charge in [0.25, 0.3) is 10.0 Å². The van der Waals surface area contributed by atoms with Crippen LogP contribution in [-0.4, -0.2) is 56.7 Å². The SMILES string of the molecule is COC(=O)c1ccc(CN(C)C(=O)C2CCCN(S(=O)(=O)c3ccc(C)s3)C2)cc1. The van der Waals surface area contributed by atoms with E-state index in [1.165, 1.54) is 22.8 Å². The third kappa shape index (κ3) is 4.91. The van der Waals surface area contributed by atoms with Gasteiger partial charge in [-0.25, -0.2) is 13.2 Å². The predicted molar refractivity (Wildman–Crippen MR) is 115 cm³/mol. The van der Waals surface area contributed by atoms with E-state index in [4.69, 9.17) is 0 Å². The molecule has 0 spiro atoms. The molecule has 0 radical (unpaired) electrons. The van der Waals surface area contributed by atoms with E-state index in [0.29, 0.717) is 35.7 Å². The van der Waals surface area contributed by atoms with Crippen LogP contribution in [0, 0.1) is 12.8 Å². The molecule has 1 saturated heterocycles. The lowest BCUT2D eigenvalue weighted by atomic mass is 9.98. The first-order valence-electron chi connectivity index (χ1n) is 9.71. The average Bonchev–Trinajstić information content (AvgIpc) is 3.20. The van der Waals surface area contributed by atoms with Crippen LogP contribution in [0.1, 0.15) is 33.6 Å². The highest BCUT2D eigenvalue weighted by Crippen LogP contribution is 2.29. The average molecular weight is 451 g/mol. The molecule has 0 N–H and O–H groups in total. The molecule has 1 aliphatic rings. The Morgan fingerprint density at radius 1 is 1.20 bits per heavy atom. The van der Waals surface area contributed by atoms with Crippen LogP contribution in [0.3, 0.4) is 0 Å². The molecule has 0 bridgehead atoms. The zero-order valence-electron chi connectivity index (χ0n) is 17.3. The fourth-order valence-electron chi connectivity index (χ4n) is 3.57. The van der Waals surface area contributed by atoms with Gasteiger partial charge in [-0.15, -0.1) is 11.3 Å². The van der Waals surface area contributed by atoms with Gasteiger partial charge in [-0.2, -0.15) is 4.31 Å². The Balaban J connectivity index is 1.65. The minimum absolute atomic E-state index is 0.0747. The number of benzene rings is 1. The van der Waals surface area contributed by atoms with Crippen molar-refractivity contribution >= 4 is 33.2 Å². The van der Waals surface area contributed by atoms with Crippen molar-refractivity contribution in [3.8, 4) is 0 Å². The number of amides is 1. The summed E-state index contributed by atoms with van der Waals surface area (Å²) in [5.74, 6) is -0.848. The number of esters is 1. The molecule has 1 aromatic carbocycles. The van der Waals surface area contributed by atoms with Crippen LogP contribution < -0.4 is 0 Å². The van der Waals surface area contributed by atoms with E-state index in [2.05, 4.69) is 4.74 Å². The van der Waals surface area contributed by atoms with Gasteiger partial charge < -0.3 is 9.64 Å². The summed E-state index contributed by atoms with van der Waals surface area (Å²) in [4.78, 5) is 27.1. The second-order valence-corrected chi connectivity index (χ2v) is 10.9. The molecule has 1 aliphatic heterocycles. The maximum Gasteiger partial charge on any atom is 0.337 e. The molecule has 30 heavy (non-hydrogen) atoms. The number of rotatable bonds is 6. The summed E-state index contributed by atoms with van der Waals surface area (Å²) in [5.41, 5.74) is 1.33. The molecular formula is C21H26N2O5S2. The van der Waals surface area contributed by atoms with Crippen LogP contribution in [0.2, 0.25) is 0 Å². The Kier molecular flexibility index (Phi) is 6.95. The molecular weight excluding hydrogens is 424 g/mol. The number of hydrogen-bond acceptors (Lipinski definition) is 6. The second kappa shape index (κ2) is 9.28. The molecule has 1 amide bonds. The fraction of sp³-hybridized carbons (Fsp3) is 0.429. The van der Waals surface area contributed by atoms with Crippen molar-refractivity contribution in [2.45, 2.75) is 30.5 Å². The topological polar surface area (TPSA) is 84.0 Å². The van der Waals surface area contributed by atoms with E-state index in [-0.39, 0.29) is 18.4 Å². The summed E-state index contributed by atoms with van der Waals surface area (Å²) in [6, 6.07) is 10.3. The number of carbonyl (C=O) groups excluding carboxylic acids is 2. The molecule has 2 heterocycles. The van der Waals surface area contributed by atoms with Crippen molar-refractivity contribution in [2.24, 2.45) is 5.92 Å². The summed E-state index contributed by atoms with van der Waals surface area (Å²) < 4.78 is 32.3. The van der Waals surface area contributed by atoms with Crippen molar-refractivity contribution in [3.63, 3.8) is 0 Å². The summed E-state index contributed by atoms with van der Waals surface area (Å²) in [6.07, 6.45) is 1.32. The third-order valence-electron chi connectivity index (χ3n) is 5.21. The van der Waals surface area contributed by atoms with E-state index < -0.39 is 16.0 Å². The van der Waals surface area contributed by atoms with E-state index in [9.17, 15) is 18.0 Å². The maximum absolute atomic E-state index is 13.0. The van der Waals surface area contributed by atoms with Crippen LogP contribution in [0.15, 0.2) is 40.6 Å². The van der Waals surface area contributed by atoms with Crippen LogP contribution in [0.4, 0.5) is 0 Å². The zero-order chi connectivity index (χ0) is 21.9. The van der Waals surface area contributed by atoms with E-state index in [1.807, 2.05) is 6.92 Å². The Morgan fingerprint density at radius 3 is 2.50 bits per heavy atom. The number of piperidine rings is 1. The number of nitrogens with zero attached hydrogens (tertiary/aromatic N) is 2. The lowest BCUT2D eigenvalue weighted by Gasteiger charge is -2.33. The van der Waals surface area contributed by atoms with E-state index in [1.54, 1.807) is 48.3 Å². The molecule has 1 aromatic heterocycles. The van der Waals surface area contributed by atoms with Gasteiger partial charge in [0.2, 0.25) is 5.91 Å². The highest BCUT2D eigenvalue weighted by molar-refractivity contribution is 7.91. The minimum atomic E-state index is -3.57. The first-order chi connectivity index (χ1) is 14.2. The lowest BCUT2D eigenvalue weighted by Crippen LogP contribution is -2.45. The number of methoxy groups -OCH3 is 1. The van der Waals surface area contributed by atoms with Crippen LogP contribution >= 0.6 is 11.3 Å². The van der Waals surface area contributed by atoms with E-state index >= 15 is 0 Å². The highest BCUT2D eigenvalue weighted by atomic mass is 32.2. The molecule has 1 atom stereocenters. The van der Waals surface area contributed by atoms with Gasteiger partial charge in [-0.1, -0.05) is 12.1 Å². The summed E-state index contributed by atoms with van der Waals surface area (Å²) in [5, 5.41) is 0. The molecule has 162 valence electrons. The number of hydrogen-bond donors (Lipinski definition) is 0. The van der Waals surface area contributed by atoms with Crippen molar-refractivity contribution in [1.82, 2.24) is 9.21 Å². The van der Waals surface area contributed by atoms with Crippen LogP contribution in [0.25, 0.3) is 0 Å². The Bertz CT molecular complexity index is 1010.